The van der Waals surface area contributed by atoms with Gasteiger partial charge in [-0.1, -0.05) is 11.6 Å². The maximum atomic E-state index is 11.7. The van der Waals surface area contributed by atoms with Crippen LogP contribution in [0.3, 0.4) is 0 Å². The quantitative estimate of drug-likeness (QED) is 0.648. The van der Waals surface area contributed by atoms with Crippen molar-refractivity contribution in [1.82, 2.24) is 10.6 Å². The van der Waals surface area contributed by atoms with E-state index in [4.69, 9.17) is 16.3 Å². The Morgan fingerprint density at radius 2 is 2.17 bits per heavy atom. The first-order valence-corrected chi connectivity index (χ1v) is 5.99. The van der Waals surface area contributed by atoms with Crippen molar-refractivity contribution in [2.75, 3.05) is 33.4 Å². The average molecular weight is 273 g/mol. The maximum Gasteiger partial charge on any atom is 0.255 e. The molecule has 1 aromatic rings. The third kappa shape index (κ3) is 4.91. The molecule has 1 rings (SSSR count). The van der Waals surface area contributed by atoms with Gasteiger partial charge in [0.25, 0.3) is 5.91 Å². The molecule has 0 bridgehead atoms. The molecule has 0 fully saturated rings. The van der Waals surface area contributed by atoms with Gasteiger partial charge in [-0.05, 0) is 18.2 Å². The van der Waals surface area contributed by atoms with Gasteiger partial charge >= 0.3 is 0 Å². The van der Waals surface area contributed by atoms with Crippen molar-refractivity contribution < 1.29 is 14.6 Å². The van der Waals surface area contributed by atoms with Gasteiger partial charge in [0.2, 0.25) is 0 Å². The Kier molecular flexibility index (Phi) is 6.49. The molecule has 0 heterocycles. The minimum Gasteiger partial charge on any atom is -0.507 e. The molecule has 0 radical (unpaired) electrons. The van der Waals surface area contributed by atoms with Crippen molar-refractivity contribution in [3.63, 3.8) is 0 Å². The number of aromatic hydroxyl groups is 1. The van der Waals surface area contributed by atoms with Crippen LogP contribution in [0, 0.1) is 0 Å². The molecule has 6 heteroatoms. The third-order valence-electron chi connectivity index (χ3n) is 2.27. The van der Waals surface area contributed by atoms with Crippen LogP contribution in [0.5, 0.6) is 5.75 Å². The second-order valence-corrected chi connectivity index (χ2v) is 4.10. The zero-order valence-corrected chi connectivity index (χ0v) is 11.0. The van der Waals surface area contributed by atoms with E-state index in [1.165, 1.54) is 18.2 Å². The Hall–Kier alpha value is -1.30. The molecule has 18 heavy (non-hydrogen) atoms. The second-order valence-electron chi connectivity index (χ2n) is 3.66. The summed E-state index contributed by atoms with van der Waals surface area (Å²) in [6.07, 6.45) is 0. The lowest BCUT2D eigenvalue weighted by Gasteiger charge is -2.08. The molecule has 0 unspecified atom stereocenters. The van der Waals surface area contributed by atoms with E-state index in [1.54, 1.807) is 7.11 Å². The van der Waals surface area contributed by atoms with Crippen molar-refractivity contribution >= 4 is 17.5 Å². The summed E-state index contributed by atoms with van der Waals surface area (Å²) >= 11 is 5.76. The summed E-state index contributed by atoms with van der Waals surface area (Å²) < 4.78 is 4.87. The summed E-state index contributed by atoms with van der Waals surface area (Å²) in [6.45, 7) is 2.46. The normalized spacial score (nSPS) is 10.3. The van der Waals surface area contributed by atoms with Crippen molar-refractivity contribution in [1.29, 1.82) is 0 Å². The molecule has 0 aliphatic heterocycles. The highest BCUT2D eigenvalue weighted by Crippen LogP contribution is 2.20. The van der Waals surface area contributed by atoms with E-state index in [2.05, 4.69) is 10.6 Å². The highest BCUT2D eigenvalue weighted by molar-refractivity contribution is 6.31. The average Bonchev–Trinajstić information content (AvgIpc) is 2.36. The molecule has 0 aliphatic carbocycles. The van der Waals surface area contributed by atoms with Crippen LogP contribution in [0.2, 0.25) is 5.02 Å². The fourth-order valence-corrected chi connectivity index (χ4v) is 1.52. The van der Waals surface area contributed by atoms with Gasteiger partial charge in [-0.25, -0.2) is 0 Å². The van der Waals surface area contributed by atoms with Crippen LogP contribution >= 0.6 is 11.6 Å². The van der Waals surface area contributed by atoms with Gasteiger partial charge in [-0.3, -0.25) is 4.79 Å². The van der Waals surface area contributed by atoms with Gasteiger partial charge in [0.15, 0.2) is 0 Å². The van der Waals surface area contributed by atoms with Crippen LogP contribution < -0.4 is 10.6 Å². The van der Waals surface area contributed by atoms with Gasteiger partial charge in [-0.15, -0.1) is 0 Å². The Morgan fingerprint density at radius 1 is 1.39 bits per heavy atom. The number of phenolic OH excluding ortho intramolecular Hbond substituents is 1. The molecule has 1 amide bonds. The number of carbonyl (C=O) groups is 1. The summed E-state index contributed by atoms with van der Waals surface area (Å²) in [5.41, 5.74) is 0.180. The third-order valence-corrected chi connectivity index (χ3v) is 2.51. The van der Waals surface area contributed by atoms with E-state index in [-0.39, 0.29) is 17.2 Å². The number of halogens is 1. The zero-order valence-electron chi connectivity index (χ0n) is 10.2. The molecule has 100 valence electrons. The molecular weight excluding hydrogens is 256 g/mol. The summed E-state index contributed by atoms with van der Waals surface area (Å²) in [5.74, 6) is -0.423. The lowest BCUT2D eigenvalue weighted by atomic mass is 10.2. The Bertz CT molecular complexity index is 399. The number of methoxy groups -OCH3 is 1. The van der Waals surface area contributed by atoms with E-state index in [0.29, 0.717) is 24.7 Å². The van der Waals surface area contributed by atoms with Crippen LogP contribution in [0.1, 0.15) is 10.4 Å². The summed E-state index contributed by atoms with van der Waals surface area (Å²) in [4.78, 5) is 11.7. The lowest BCUT2D eigenvalue weighted by Crippen LogP contribution is -2.33. The first-order valence-electron chi connectivity index (χ1n) is 5.61. The van der Waals surface area contributed by atoms with Gasteiger partial charge in [0.05, 0.1) is 12.2 Å². The van der Waals surface area contributed by atoms with Gasteiger partial charge in [0.1, 0.15) is 5.75 Å². The number of nitrogens with one attached hydrogen (secondary N) is 2. The van der Waals surface area contributed by atoms with E-state index in [0.717, 1.165) is 6.54 Å². The number of hydrogen-bond acceptors (Lipinski definition) is 4. The largest absolute Gasteiger partial charge is 0.507 e. The predicted octanol–water partition coefficient (Wildman–Crippen LogP) is 1.01. The highest BCUT2D eigenvalue weighted by atomic mass is 35.5. The molecule has 0 aliphatic rings. The Morgan fingerprint density at radius 3 is 2.89 bits per heavy atom. The number of carbonyl (C=O) groups excluding carboxylic acids is 1. The number of rotatable bonds is 7. The van der Waals surface area contributed by atoms with E-state index < -0.39 is 0 Å². The molecule has 3 N–H and O–H groups in total. The van der Waals surface area contributed by atoms with Crippen LogP contribution in [0.4, 0.5) is 0 Å². The highest BCUT2D eigenvalue weighted by Gasteiger charge is 2.10. The molecule has 0 atom stereocenters. The first kappa shape index (κ1) is 14.8. The number of amides is 1. The van der Waals surface area contributed by atoms with E-state index in [1.807, 2.05) is 0 Å². The molecule has 0 saturated carbocycles. The Balaban J connectivity index is 2.34. The van der Waals surface area contributed by atoms with Crippen molar-refractivity contribution in [3.05, 3.63) is 28.8 Å². The summed E-state index contributed by atoms with van der Waals surface area (Å²) in [5, 5.41) is 15.7. The molecule has 1 aromatic carbocycles. The van der Waals surface area contributed by atoms with Crippen molar-refractivity contribution in [2.24, 2.45) is 0 Å². The van der Waals surface area contributed by atoms with E-state index in [9.17, 15) is 9.90 Å². The van der Waals surface area contributed by atoms with Gasteiger partial charge < -0.3 is 20.5 Å². The minimum absolute atomic E-state index is 0.0794. The summed E-state index contributed by atoms with van der Waals surface area (Å²) in [6, 6.07) is 4.36. The van der Waals surface area contributed by atoms with Gasteiger partial charge in [0, 0.05) is 31.8 Å². The molecule has 0 spiro atoms. The minimum atomic E-state index is -0.344. The fourth-order valence-electron chi connectivity index (χ4n) is 1.35. The number of benzene rings is 1. The van der Waals surface area contributed by atoms with Crippen LogP contribution in [0.25, 0.3) is 0 Å². The van der Waals surface area contributed by atoms with Crippen LogP contribution in [-0.2, 0) is 4.74 Å². The topological polar surface area (TPSA) is 70.6 Å². The molecular formula is C12H17ClN2O3. The molecule has 5 nitrogen and oxygen atoms in total. The van der Waals surface area contributed by atoms with Crippen LogP contribution in [-0.4, -0.2) is 44.4 Å². The van der Waals surface area contributed by atoms with Crippen molar-refractivity contribution in [2.45, 2.75) is 0 Å². The number of phenols is 1. The van der Waals surface area contributed by atoms with Gasteiger partial charge in [-0.2, -0.15) is 0 Å². The number of hydrogen-bond donors (Lipinski definition) is 3. The number of ether oxygens (including phenoxy) is 1. The Labute approximate surface area is 111 Å². The zero-order chi connectivity index (χ0) is 13.4. The maximum absolute atomic E-state index is 11.7. The van der Waals surface area contributed by atoms with Crippen molar-refractivity contribution in [3.8, 4) is 5.75 Å². The predicted molar refractivity (Wildman–Crippen MR) is 70.2 cm³/mol. The standard InChI is InChI=1S/C12H17ClN2O3/c1-18-7-6-14-4-5-15-12(17)10-8-9(13)2-3-11(10)16/h2-3,8,14,16H,4-7H2,1H3,(H,15,17). The van der Waals surface area contributed by atoms with E-state index >= 15 is 0 Å². The smallest absolute Gasteiger partial charge is 0.255 e. The lowest BCUT2D eigenvalue weighted by molar-refractivity contribution is 0.0951. The molecule has 0 aromatic heterocycles. The summed E-state index contributed by atoms with van der Waals surface area (Å²) in [7, 11) is 1.63. The fraction of sp³-hybridized carbons (Fsp3) is 0.417. The van der Waals surface area contributed by atoms with Crippen LogP contribution in [0.15, 0.2) is 18.2 Å². The SMILES string of the molecule is COCCNCCNC(=O)c1cc(Cl)ccc1O. The monoisotopic (exact) mass is 272 g/mol. The second kappa shape index (κ2) is 7.92. The molecule has 0 saturated heterocycles. The first-order chi connectivity index (χ1) is 8.65.